The van der Waals surface area contributed by atoms with Crippen molar-refractivity contribution >= 4 is 23.1 Å². The highest BCUT2D eigenvalue weighted by Crippen LogP contribution is 2.38. The molecule has 33 heavy (non-hydrogen) atoms. The Morgan fingerprint density at radius 1 is 0.879 bits per heavy atom. The quantitative estimate of drug-likeness (QED) is 0.353. The number of para-hydroxylation sites is 1. The number of fused-ring (bicyclic) bond motifs is 1. The summed E-state index contributed by atoms with van der Waals surface area (Å²) in [6.45, 7) is 6.08. The van der Waals surface area contributed by atoms with Gasteiger partial charge in [0, 0.05) is 18.8 Å². The summed E-state index contributed by atoms with van der Waals surface area (Å²) in [6, 6.07) is 15.8. The number of nitrogens with zero attached hydrogens (tertiary/aromatic N) is 2. The Balaban J connectivity index is 1.72. The zero-order chi connectivity index (χ0) is 23.2. The van der Waals surface area contributed by atoms with Gasteiger partial charge in [-0.2, -0.15) is 0 Å². The summed E-state index contributed by atoms with van der Waals surface area (Å²) in [5, 5.41) is 0. The number of imide groups is 1. The van der Waals surface area contributed by atoms with Crippen LogP contribution in [0.4, 0.5) is 5.69 Å². The number of unbranched alkanes of at least 4 members (excludes halogenated alkanes) is 3. The molecule has 174 valence electrons. The van der Waals surface area contributed by atoms with E-state index >= 15 is 0 Å². The molecule has 5 nitrogen and oxygen atoms in total. The summed E-state index contributed by atoms with van der Waals surface area (Å²) in [6.07, 6.45) is 6.97. The standard InChI is InChI=1S/C28H34N2O3/c1-3-5-6-9-18-30-27(31)25(22-14-16-23(17-15-22)33-20-4-2)26(28(30)32)29-19-10-12-21-11-7-8-13-24(21)29/h7-8,11,13-17H,3-6,9-10,12,18-20H2,1-2H3. The lowest BCUT2D eigenvalue weighted by Gasteiger charge is -2.32. The average Bonchev–Trinajstić information content (AvgIpc) is 3.09. The van der Waals surface area contributed by atoms with Crippen molar-refractivity contribution in [3.8, 4) is 5.75 Å². The fourth-order valence-electron chi connectivity index (χ4n) is 4.68. The molecule has 0 fully saturated rings. The highest BCUT2D eigenvalue weighted by Gasteiger charge is 2.42. The van der Waals surface area contributed by atoms with Crippen molar-refractivity contribution in [2.45, 2.75) is 58.8 Å². The van der Waals surface area contributed by atoms with Crippen molar-refractivity contribution < 1.29 is 14.3 Å². The zero-order valence-electron chi connectivity index (χ0n) is 19.8. The lowest BCUT2D eigenvalue weighted by Crippen LogP contribution is -2.37. The minimum atomic E-state index is -0.184. The van der Waals surface area contributed by atoms with Crippen LogP contribution in [0.3, 0.4) is 0 Å². The molecule has 0 spiro atoms. The van der Waals surface area contributed by atoms with E-state index in [4.69, 9.17) is 4.74 Å². The molecule has 2 aliphatic heterocycles. The predicted molar refractivity (Wildman–Crippen MR) is 132 cm³/mol. The lowest BCUT2D eigenvalue weighted by atomic mass is 9.98. The maximum absolute atomic E-state index is 13.7. The maximum atomic E-state index is 13.7. The molecule has 2 heterocycles. The van der Waals surface area contributed by atoms with Crippen LogP contribution in [-0.2, 0) is 16.0 Å². The molecule has 0 radical (unpaired) electrons. The van der Waals surface area contributed by atoms with Crippen LogP contribution in [0, 0.1) is 0 Å². The topological polar surface area (TPSA) is 49.9 Å². The summed E-state index contributed by atoms with van der Waals surface area (Å²) < 4.78 is 5.72. The van der Waals surface area contributed by atoms with Gasteiger partial charge in [0.1, 0.15) is 11.4 Å². The number of aryl methyl sites for hydroxylation is 1. The molecule has 2 aromatic carbocycles. The predicted octanol–water partition coefficient (Wildman–Crippen LogP) is 5.59. The third kappa shape index (κ3) is 4.82. The van der Waals surface area contributed by atoms with Crippen molar-refractivity contribution in [1.29, 1.82) is 0 Å². The van der Waals surface area contributed by atoms with Crippen molar-refractivity contribution in [2.75, 3.05) is 24.6 Å². The molecule has 0 aromatic heterocycles. The van der Waals surface area contributed by atoms with E-state index in [2.05, 4.69) is 30.9 Å². The summed E-state index contributed by atoms with van der Waals surface area (Å²) >= 11 is 0. The van der Waals surface area contributed by atoms with Crippen LogP contribution >= 0.6 is 0 Å². The summed E-state index contributed by atoms with van der Waals surface area (Å²) in [7, 11) is 0. The van der Waals surface area contributed by atoms with Crippen LogP contribution in [0.5, 0.6) is 5.75 Å². The first-order valence-corrected chi connectivity index (χ1v) is 12.3. The Kier molecular flexibility index (Phi) is 7.48. The SMILES string of the molecule is CCCCCCN1C(=O)C(c2ccc(OCCC)cc2)=C(N2CCCc3ccccc32)C1=O. The van der Waals surface area contributed by atoms with Gasteiger partial charge in [0.2, 0.25) is 0 Å². The first-order chi connectivity index (χ1) is 16.2. The molecule has 5 heteroatoms. The number of rotatable bonds is 10. The lowest BCUT2D eigenvalue weighted by molar-refractivity contribution is -0.137. The molecule has 2 aromatic rings. The smallest absolute Gasteiger partial charge is 0.278 e. The van der Waals surface area contributed by atoms with Gasteiger partial charge in [0.25, 0.3) is 11.8 Å². The van der Waals surface area contributed by atoms with Crippen molar-refractivity contribution in [3.63, 3.8) is 0 Å². The molecule has 0 unspecified atom stereocenters. The van der Waals surface area contributed by atoms with Gasteiger partial charge in [-0.05, 0) is 55.0 Å². The van der Waals surface area contributed by atoms with E-state index in [1.54, 1.807) is 0 Å². The number of carbonyl (C=O) groups is 2. The van der Waals surface area contributed by atoms with Crippen LogP contribution in [0.1, 0.15) is 63.5 Å². The zero-order valence-corrected chi connectivity index (χ0v) is 19.8. The monoisotopic (exact) mass is 446 g/mol. The minimum Gasteiger partial charge on any atom is -0.494 e. The third-order valence-electron chi connectivity index (χ3n) is 6.37. The Morgan fingerprint density at radius 3 is 2.42 bits per heavy atom. The van der Waals surface area contributed by atoms with E-state index < -0.39 is 0 Å². The van der Waals surface area contributed by atoms with Gasteiger partial charge in [-0.25, -0.2) is 0 Å². The number of benzene rings is 2. The second-order valence-electron chi connectivity index (χ2n) is 8.80. The Hall–Kier alpha value is -3.08. The summed E-state index contributed by atoms with van der Waals surface area (Å²) in [5.41, 5.74) is 4.05. The molecule has 0 saturated heterocycles. The normalized spacial score (nSPS) is 15.9. The van der Waals surface area contributed by atoms with E-state index in [1.165, 1.54) is 10.5 Å². The van der Waals surface area contributed by atoms with Gasteiger partial charge < -0.3 is 9.64 Å². The number of amides is 2. The molecule has 0 atom stereocenters. The molecule has 0 bridgehead atoms. The number of anilines is 1. The number of carbonyl (C=O) groups excluding carboxylic acids is 2. The number of hydrogen-bond acceptors (Lipinski definition) is 4. The minimum absolute atomic E-state index is 0.172. The van der Waals surface area contributed by atoms with Crippen LogP contribution in [0.2, 0.25) is 0 Å². The molecule has 0 aliphatic carbocycles. The molecule has 0 N–H and O–H groups in total. The molecule has 2 amide bonds. The number of hydrogen-bond donors (Lipinski definition) is 0. The van der Waals surface area contributed by atoms with E-state index in [-0.39, 0.29) is 11.8 Å². The number of ether oxygens (including phenoxy) is 1. The van der Waals surface area contributed by atoms with Crippen LogP contribution < -0.4 is 9.64 Å². The van der Waals surface area contributed by atoms with Gasteiger partial charge in [-0.1, -0.05) is 63.4 Å². The summed E-state index contributed by atoms with van der Waals surface area (Å²) in [4.78, 5) is 30.8. The van der Waals surface area contributed by atoms with E-state index in [0.29, 0.717) is 24.4 Å². The van der Waals surface area contributed by atoms with Gasteiger partial charge in [-0.15, -0.1) is 0 Å². The first kappa shape index (κ1) is 23.1. The fraction of sp³-hybridized carbons (Fsp3) is 0.429. The second-order valence-corrected chi connectivity index (χ2v) is 8.80. The highest BCUT2D eigenvalue weighted by molar-refractivity contribution is 6.36. The van der Waals surface area contributed by atoms with Gasteiger partial charge in [0.05, 0.1) is 12.2 Å². The van der Waals surface area contributed by atoms with Crippen LogP contribution in [-0.4, -0.2) is 36.4 Å². The highest BCUT2D eigenvalue weighted by atomic mass is 16.5. The van der Waals surface area contributed by atoms with Crippen molar-refractivity contribution in [3.05, 3.63) is 65.4 Å². The Labute approximate surface area is 197 Å². The molecule has 4 rings (SSSR count). The first-order valence-electron chi connectivity index (χ1n) is 12.3. The van der Waals surface area contributed by atoms with Gasteiger partial charge in [-0.3, -0.25) is 14.5 Å². The fourth-order valence-corrected chi connectivity index (χ4v) is 4.68. The largest absolute Gasteiger partial charge is 0.494 e. The average molecular weight is 447 g/mol. The van der Waals surface area contributed by atoms with E-state index in [0.717, 1.165) is 68.5 Å². The van der Waals surface area contributed by atoms with E-state index in [9.17, 15) is 9.59 Å². The van der Waals surface area contributed by atoms with Crippen molar-refractivity contribution in [1.82, 2.24) is 4.90 Å². The summed E-state index contributed by atoms with van der Waals surface area (Å²) in [5.74, 6) is 0.422. The third-order valence-corrected chi connectivity index (χ3v) is 6.37. The van der Waals surface area contributed by atoms with E-state index in [1.807, 2.05) is 36.4 Å². The maximum Gasteiger partial charge on any atom is 0.278 e. The second kappa shape index (κ2) is 10.7. The van der Waals surface area contributed by atoms with Gasteiger partial charge in [0.15, 0.2) is 0 Å². The Morgan fingerprint density at radius 2 is 1.67 bits per heavy atom. The molecular formula is C28H34N2O3. The molecule has 2 aliphatic rings. The van der Waals surface area contributed by atoms with Crippen LogP contribution in [0.15, 0.2) is 54.2 Å². The van der Waals surface area contributed by atoms with Crippen LogP contribution in [0.25, 0.3) is 5.57 Å². The van der Waals surface area contributed by atoms with Gasteiger partial charge >= 0.3 is 0 Å². The Bertz CT molecular complexity index is 1030. The molecule has 0 saturated carbocycles. The van der Waals surface area contributed by atoms with Crippen molar-refractivity contribution in [2.24, 2.45) is 0 Å². The molecular weight excluding hydrogens is 412 g/mol.